The molecule has 0 fully saturated rings. The third kappa shape index (κ3) is 6.08. The molecule has 1 amide bonds. The monoisotopic (exact) mass is 413 g/mol. The van der Waals surface area contributed by atoms with E-state index in [-0.39, 0.29) is 12.6 Å². The van der Waals surface area contributed by atoms with Gasteiger partial charge in [0.15, 0.2) is 0 Å². The number of nitrogens with zero attached hydrogens (tertiary/aromatic N) is 1. The minimum absolute atomic E-state index is 0.116. The van der Waals surface area contributed by atoms with E-state index in [4.69, 9.17) is 9.39 Å². The van der Waals surface area contributed by atoms with Crippen molar-refractivity contribution < 1.29 is 24.3 Å². The molecule has 2 aromatic carbocycles. The van der Waals surface area contributed by atoms with Crippen LogP contribution in [-0.2, 0) is 16.0 Å². The first-order valence-electron chi connectivity index (χ1n) is 10.1. The number of ether oxygens (including phenoxy) is 1. The van der Waals surface area contributed by atoms with Crippen LogP contribution in [0.15, 0.2) is 54.6 Å². The molecular formula is C23H32BNO5. The van der Waals surface area contributed by atoms with Gasteiger partial charge in [0.05, 0.1) is 11.2 Å². The van der Waals surface area contributed by atoms with Gasteiger partial charge < -0.3 is 19.5 Å². The van der Waals surface area contributed by atoms with Crippen molar-refractivity contribution in [3.8, 4) is 0 Å². The second-order valence-corrected chi connectivity index (χ2v) is 8.64. The lowest BCUT2D eigenvalue weighted by atomic mass is 9.76. The van der Waals surface area contributed by atoms with Crippen LogP contribution < -0.4 is 10.4 Å². The highest BCUT2D eigenvalue weighted by Crippen LogP contribution is 2.25. The summed E-state index contributed by atoms with van der Waals surface area (Å²) in [4.78, 5) is 14.2. The molecule has 2 aromatic rings. The molecule has 0 unspecified atom stereocenters. The molecule has 0 heterocycles. The van der Waals surface area contributed by atoms with Crippen molar-refractivity contribution in [2.24, 2.45) is 0 Å². The first-order valence-corrected chi connectivity index (χ1v) is 10.1. The highest BCUT2D eigenvalue weighted by Gasteiger charge is 2.39. The van der Waals surface area contributed by atoms with Gasteiger partial charge in [-0.2, -0.15) is 0 Å². The summed E-state index contributed by atoms with van der Waals surface area (Å²) in [5, 5.41) is 20.7. The molecule has 0 bridgehead atoms. The largest absolute Gasteiger partial charge is 0.491 e. The average Bonchev–Trinajstić information content (AvgIpc) is 2.66. The molecule has 162 valence electrons. The van der Waals surface area contributed by atoms with Crippen molar-refractivity contribution in [1.82, 2.24) is 0 Å². The number of benzene rings is 2. The fourth-order valence-corrected chi connectivity index (χ4v) is 2.69. The zero-order valence-corrected chi connectivity index (χ0v) is 18.6. The second-order valence-electron chi connectivity index (χ2n) is 8.64. The lowest BCUT2D eigenvalue weighted by Crippen LogP contribution is -2.53. The lowest BCUT2D eigenvalue weighted by Gasteiger charge is -2.38. The number of hydrogen-bond donors (Lipinski definition) is 2. The predicted octanol–water partition coefficient (Wildman–Crippen LogP) is 3.49. The van der Waals surface area contributed by atoms with Crippen molar-refractivity contribution in [1.29, 1.82) is 0 Å². The molecule has 30 heavy (non-hydrogen) atoms. The van der Waals surface area contributed by atoms with E-state index in [1.54, 1.807) is 56.9 Å². The van der Waals surface area contributed by atoms with E-state index in [1.165, 1.54) is 0 Å². The Morgan fingerprint density at radius 2 is 1.60 bits per heavy atom. The van der Waals surface area contributed by atoms with E-state index in [0.717, 1.165) is 5.56 Å². The molecule has 0 aliphatic carbocycles. The van der Waals surface area contributed by atoms with Gasteiger partial charge in [0, 0.05) is 11.7 Å². The molecule has 0 aliphatic heterocycles. The van der Waals surface area contributed by atoms with E-state index in [2.05, 4.69) is 0 Å². The summed E-state index contributed by atoms with van der Waals surface area (Å²) in [7, 11) is -1.21. The number of carbonyl (C=O) groups excluding carboxylic acids is 1. The zero-order valence-electron chi connectivity index (χ0n) is 18.6. The van der Waals surface area contributed by atoms with E-state index >= 15 is 0 Å². The van der Waals surface area contributed by atoms with Gasteiger partial charge in [0.1, 0.15) is 6.61 Å². The average molecular weight is 413 g/mol. The Morgan fingerprint density at radius 1 is 1.03 bits per heavy atom. The maximum absolute atomic E-state index is 12.7. The van der Waals surface area contributed by atoms with E-state index in [0.29, 0.717) is 11.2 Å². The van der Waals surface area contributed by atoms with E-state index in [1.807, 2.05) is 44.2 Å². The molecular weight excluding hydrogens is 381 g/mol. The van der Waals surface area contributed by atoms with Gasteiger partial charge in [-0.15, -0.1) is 0 Å². The fourth-order valence-electron chi connectivity index (χ4n) is 2.69. The zero-order chi connectivity index (χ0) is 22.5. The molecule has 0 atom stereocenters. The first-order chi connectivity index (χ1) is 13.9. The highest BCUT2D eigenvalue weighted by atomic mass is 16.6. The molecule has 6 nitrogen and oxygen atoms in total. The van der Waals surface area contributed by atoms with Crippen molar-refractivity contribution in [3.05, 3.63) is 60.2 Å². The SMILES string of the molecule is CC(C)N(C(=O)OCc1ccccc1)c1ccc(B(O)OC(C)(C)C(C)(C)O)cc1. The summed E-state index contributed by atoms with van der Waals surface area (Å²) in [6.07, 6.45) is -0.443. The van der Waals surface area contributed by atoms with Crippen LogP contribution in [0.3, 0.4) is 0 Å². The Labute approximate surface area is 179 Å². The maximum atomic E-state index is 12.7. The minimum Gasteiger partial charge on any atom is -0.444 e. The van der Waals surface area contributed by atoms with Crippen LogP contribution >= 0.6 is 0 Å². The van der Waals surface area contributed by atoms with E-state index in [9.17, 15) is 14.9 Å². The Kier molecular flexibility index (Phi) is 7.69. The summed E-state index contributed by atoms with van der Waals surface area (Å²) in [6, 6.07) is 16.3. The molecule has 2 N–H and O–H groups in total. The molecule has 0 aliphatic rings. The van der Waals surface area contributed by atoms with Crippen LogP contribution in [0.2, 0.25) is 0 Å². The molecule has 7 heteroatoms. The molecule has 0 radical (unpaired) electrons. The van der Waals surface area contributed by atoms with Gasteiger partial charge in [-0.25, -0.2) is 4.79 Å². The number of aliphatic hydroxyl groups is 1. The summed E-state index contributed by atoms with van der Waals surface area (Å²) >= 11 is 0. The fraction of sp³-hybridized carbons (Fsp3) is 0.435. The Bertz CT molecular complexity index is 816. The summed E-state index contributed by atoms with van der Waals surface area (Å²) in [5.41, 5.74) is -0.000880. The van der Waals surface area contributed by atoms with Gasteiger partial charge in [-0.3, -0.25) is 4.90 Å². The van der Waals surface area contributed by atoms with Crippen molar-refractivity contribution in [3.63, 3.8) is 0 Å². The highest BCUT2D eigenvalue weighted by molar-refractivity contribution is 6.60. The van der Waals surface area contributed by atoms with Crippen LogP contribution in [0.4, 0.5) is 10.5 Å². The predicted molar refractivity (Wildman–Crippen MR) is 120 cm³/mol. The maximum Gasteiger partial charge on any atom is 0.491 e. The molecule has 0 saturated carbocycles. The Hall–Kier alpha value is -2.35. The van der Waals surface area contributed by atoms with Gasteiger partial charge in [-0.05, 0) is 64.7 Å². The standard InChI is InChI=1S/C23H32BNO5/c1-17(2)25(21(26)29-16-18-10-8-7-9-11-18)20-14-12-19(13-15-20)24(28)30-23(5,6)22(3,4)27/h7-15,17,27-28H,16H2,1-6H3. The molecule has 2 rings (SSSR count). The third-order valence-electron chi connectivity index (χ3n) is 5.25. The van der Waals surface area contributed by atoms with Gasteiger partial charge in [0.25, 0.3) is 0 Å². The van der Waals surface area contributed by atoms with Crippen LogP contribution in [-0.4, -0.2) is 40.6 Å². The molecule has 0 aromatic heterocycles. The van der Waals surface area contributed by atoms with Crippen LogP contribution in [0.25, 0.3) is 0 Å². The summed E-state index contributed by atoms with van der Waals surface area (Å²) in [5.74, 6) is 0. The van der Waals surface area contributed by atoms with Crippen LogP contribution in [0.5, 0.6) is 0 Å². The summed E-state index contributed by atoms with van der Waals surface area (Å²) in [6.45, 7) is 10.7. The van der Waals surface area contributed by atoms with Crippen LogP contribution in [0, 0.1) is 0 Å². The van der Waals surface area contributed by atoms with Crippen molar-refractivity contribution in [2.75, 3.05) is 4.90 Å². The molecule has 0 spiro atoms. The normalized spacial score (nSPS) is 12.0. The van der Waals surface area contributed by atoms with Gasteiger partial charge in [-0.1, -0.05) is 42.5 Å². The number of rotatable bonds is 8. The number of hydrogen-bond acceptors (Lipinski definition) is 5. The lowest BCUT2D eigenvalue weighted by molar-refractivity contribution is -0.0982. The third-order valence-corrected chi connectivity index (χ3v) is 5.25. The number of anilines is 1. The first kappa shape index (κ1) is 23.9. The van der Waals surface area contributed by atoms with Gasteiger partial charge in [0.2, 0.25) is 0 Å². The molecule has 0 saturated heterocycles. The van der Waals surface area contributed by atoms with Crippen molar-refractivity contribution >= 4 is 24.4 Å². The Balaban J connectivity index is 2.10. The van der Waals surface area contributed by atoms with Crippen LogP contribution in [0.1, 0.15) is 47.1 Å². The second kappa shape index (κ2) is 9.64. The Morgan fingerprint density at radius 3 is 2.10 bits per heavy atom. The quantitative estimate of drug-likeness (QED) is 0.648. The smallest absolute Gasteiger partial charge is 0.444 e. The van der Waals surface area contributed by atoms with Gasteiger partial charge >= 0.3 is 13.2 Å². The van der Waals surface area contributed by atoms with Crippen molar-refractivity contribution in [2.45, 2.75) is 65.4 Å². The number of carbonyl (C=O) groups is 1. The summed E-state index contributed by atoms with van der Waals surface area (Å²) < 4.78 is 11.1. The number of amides is 1. The topological polar surface area (TPSA) is 79.2 Å². The van der Waals surface area contributed by atoms with E-state index < -0.39 is 24.4 Å². The minimum atomic E-state index is -1.21.